The summed E-state index contributed by atoms with van der Waals surface area (Å²) >= 11 is 1.15. The number of hydrogen-bond donors (Lipinski definition) is 1. The second-order valence-corrected chi connectivity index (χ2v) is 10.6. The molecule has 1 aliphatic heterocycles. The molecule has 0 amide bonds. The summed E-state index contributed by atoms with van der Waals surface area (Å²) in [7, 11) is -2.22. The molecule has 5 rings (SSSR count). The van der Waals surface area contributed by atoms with Gasteiger partial charge in [-0.3, -0.25) is 9.40 Å². The molecule has 0 fully saturated rings. The van der Waals surface area contributed by atoms with E-state index in [1.807, 2.05) is 0 Å². The molecule has 0 saturated heterocycles. The first-order chi connectivity index (χ1) is 17.1. The number of hydrogen-bond acceptors (Lipinski definition) is 7. The van der Waals surface area contributed by atoms with Crippen LogP contribution < -0.4 is 14.2 Å². The number of aromatic nitrogens is 3. The molecule has 36 heavy (non-hydrogen) atoms. The van der Waals surface area contributed by atoms with Gasteiger partial charge >= 0.3 is 6.18 Å². The molecule has 188 valence electrons. The number of sulfonamides is 1. The molecule has 3 heterocycles. The molecule has 0 aliphatic carbocycles. The van der Waals surface area contributed by atoms with Crippen molar-refractivity contribution in [1.29, 1.82) is 0 Å². The summed E-state index contributed by atoms with van der Waals surface area (Å²) < 4.78 is 81.5. The van der Waals surface area contributed by atoms with E-state index in [4.69, 9.17) is 9.47 Å². The average Bonchev–Trinajstić information content (AvgIpc) is 3.50. The van der Waals surface area contributed by atoms with Crippen LogP contribution in [0.25, 0.3) is 11.1 Å². The molecule has 1 N–H and O–H groups in total. The zero-order valence-electron chi connectivity index (χ0n) is 18.7. The number of thiazole rings is 1. The lowest BCUT2D eigenvalue weighted by molar-refractivity contribution is -0.137. The lowest BCUT2D eigenvalue weighted by atomic mass is 10.0. The Balaban J connectivity index is 1.47. The quantitative estimate of drug-likeness (QED) is 0.361. The van der Waals surface area contributed by atoms with E-state index >= 15 is 0 Å². The maximum Gasteiger partial charge on any atom is 0.416 e. The smallest absolute Gasteiger partial charge is 0.416 e. The first-order valence-corrected chi connectivity index (χ1v) is 13.0. The van der Waals surface area contributed by atoms with Gasteiger partial charge in [0, 0.05) is 54.0 Å². The van der Waals surface area contributed by atoms with Gasteiger partial charge < -0.3 is 9.47 Å². The molecule has 0 bridgehead atoms. The Morgan fingerprint density at radius 1 is 1.22 bits per heavy atom. The number of nitrogens with zero attached hydrogens (tertiary/aromatic N) is 3. The summed E-state index contributed by atoms with van der Waals surface area (Å²) in [6.07, 6.45) is -0.106. The van der Waals surface area contributed by atoms with Gasteiger partial charge in [0.2, 0.25) is 0 Å². The first-order valence-electron chi connectivity index (χ1n) is 10.7. The molecular formula is C23H19F3N4O4S2. The molecule has 0 spiro atoms. The van der Waals surface area contributed by atoms with Gasteiger partial charge in [0.15, 0.2) is 5.13 Å². The number of fused-ring (bicyclic) bond motifs is 1. The van der Waals surface area contributed by atoms with Crippen molar-refractivity contribution >= 4 is 26.5 Å². The van der Waals surface area contributed by atoms with Crippen LogP contribution in [0.4, 0.5) is 18.3 Å². The van der Waals surface area contributed by atoms with Crippen LogP contribution in [-0.2, 0) is 23.2 Å². The number of halogens is 3. The fourth-order valence-corrected chi connectivity index (χ4v) is 5.63. The Morgan fingerprint density at radius 3 is 2.75 bits per heavy atom. The van der Waals surface area contributed by atoms with Crippen molar-refractivity contribution in [2.75, 3.05) is 11.3 Å². The molecule has 0 saturated carbocycles. The van der Waals surface area contributed by atoms with Crippen molar-refractivity contribution in [1.82, 2.24) is 14.8 Å². The summed E-state index contributed by atoms with van der Waals surface area (Å²) in [5, 5.41) is 5.95. The van der Waals surface area contributed by atoms with Gasteiger partial charge in [-0.15, -0.1) is 11.3 Å². The Bertz CT molecular complexity index is 1500. The molecule has 4 aromatic rings. The van der Waals surface area contributed by atoms with E-state index in [1.54, 1.807) is 24.7 Å². The van der Waals surface area contributed by atoms with E-state index in [0.717, 1.165) is 23.5 Å². The number of rotatable bonds is 6. The van der Waals surface area contributed by atoms with Crippen LogP contribution in [0.5, 0.6) is 11.5 Å². The normalized spacial score (nSPS) is 15.7. The predicted octanol–water partition coefficient (Wildman–Crippen LogP) is 5.27. The Labute approximate surface area is 208 Å². The lowest BCUT2D eigenvalue weighted by Crippen LogP contribution is -2.20. The van der Waals surface area contributed by atoms with Crippen molar-refractivity contribution in [3.63, 3.8) is 0 Å². The molecule has 0 radical (unpaired) electrons. The Hall–Kier alpha value is -3.58. The third-order valence-electron chi connectivity index (χ3n) is 5.53. The van der Waals surface area contributed by atoms with E-state index < -0.39 is 27.9 Å². The van der Waals surface area contributed by atoms with E-state index in [1.165, 1.54) is 35.3 Å². The lowest BCUT2D eigenvalue weighted by Gasteiger charge is -2.28. The van der Waals surface area contributed by atoms with Crippen molar-refractivity contribution in [2.45, 2.75) is 23.6 Å². The van der Waals surface area contributed by atoms with Crippen LogP contribution in [0.2, 0.25) is 0 Å². The maximum absolute atomic E-state index is 13.4. The summed E-state index contributed by atoms with van der Waals surface area (Å²) in [4.78, 5) is 3.92. The fourth-order valence-electron chi connectivity index (χ4n) is 3.82. The van der Waals surface area contributed by atoms with Crippen LogP contribution in [-0.4, -0.2) is 29.8 Å². The van der Waals surface area contributed by atoms with Crippen molar-refractivity contribution in [3.05, 3.63) is 71.5 Å². The SMILES string of the molecule is Cn1cc(-c2cc(C(F)(F)F)ccc2OC2CCOc3cc(S(=O)(=O)Nc4nccs4)ccc32)cn1. The van der Waals surface area contributed by atoms with E-state index in [2.05, 4.69) is 14.8 Å². The van der Waals surface area contributed by atoms with Gasteiger partial charge in [-0.2, -0.15) is 18.3 Å². The molecule has 8 nitrogen and oxygen atoms in total. The standard InChI is InChI=1S/C23H19F3N4O4S2/c1-30-13-14(12-28-30)18-10-15(23(24,25)26)2-5-19(18)34-20-6-8-33-21-11-16(3-4-17(20)21)36(31,32)29-22-27-7-9-35-22/h2-5,7,9-13,20H,6,8H2,1H3,(H,27,29). The summed E-state index contributed by atoms with van der Waals surface area (Å²) in [5.41, 5.74) is 0.508. The minimum absolute atomic E-state index is 0.0114. The van der Waals surface area contributed by atoms with Crippen molar-refractivity contribution in [3.8, 4) is 22.6 Å². The molecular weight excluding hydrogens is 517 g/mol. The van der Waals surface area contributed by atoms with Gasteiger partial charge in [0.1, 0.15) is 17.6 Å². The third-order valence-corrected chi connectivity index (χ3v) is 7.68. The van der Waals surface area contributed by atoms with Crippen LogP contribution >= 0.6 is 11.3 Å². The molecule has 2 aromatic heterocycles. The molecule has 1 aliphatic rings. The van der Waals surface area contributed by atoms with Crippen LogP contribution in [0.15, 0.2) is 65.3 Å². The van der Waals surface area contributed by atoms with E-state index in [0.29, 0.717) is 23.3 Å². The summed E-state index contributed by atoms with van der Waals surface area (Å²) in [5.74, 6) is 0.569. The highest BCUT2D eigenvalue weighted by atomic mass is 32.2. The van der Waals surface area contributed by atoms with Gasteiger partial charge in [-0.1, -0.05) is 6.07 Å². The highest BCUT2D eigenvalue weighted by molar-refractivity contribution is 7.93. The third kappa shape index (κ3) is 4.88. The first kappa shape index (κ1) is 24.1. The van der Waals surface area contributed by atoms with Gasteiger partial charge in [0.05, 0.1) is 23.3 Å². The number of alkyl halides is 3. The summed E-state index contributed by atoms with van der Waals surface area (Å²) in [6.45, 7) is 0.240. The zero-order chi connectivity index (χ0) is 25.5. The zero-order valence-corrected chi connectivity index (χ0v) is 20.3. The number of aryl methyl sites for hydroxylation is 1. The second kappa shape index (κ2) is 9.13. The Morgan fingerprint density at radius 2 is 2.06 bits per heavy atom. The number of nitrogens with one attached hydrogen (secondary N) is 1. The highest BCUT2D eigenvalue weighted by Crippen LogP contribution is 2.42. The van der Waals surface area contributed by atoms with Crippen molar-refractivity contribution in [2.24, 2.45) is 7.05 Å². The predicted molar refractivity (Wildman–Crippen MR) is 126 cm³/mol. The molecule has 2 aromatic carbocycles. The van der Waals surface area contributed by atoms with Crippen LogP contribution in [0.1, 0.15) is 23.7 Å². The van der Waals surface area contributed by atoms with Gasteiger partial charge in [0.25, 0.3) is 10.0 Å². The van der Waals surface area contributed by atoms with Gasteiger partial charge in [-0.25, -0.2) is 13.4 Å². The van der Waals surface area contributed by atoms with Crippen LogP contribution in [0, 0.1) is 0 Å². The van der Waals surface area contributed by atoms with Gasteiger partial charge in [-0.05, 0) is 24.3 Å². The van der Waals surface area contributed by atoms with E-state index in [9.17, 15) is 21.6 Å². The monoisotopic (exact) mass is 536 g/mol. The number of anilines is 1. The fraction of sp³-hybridized carbons (Fsp3) is 0.217. The number of ether oxygens (including phenoxy) is 2. The molecule has 1 atom stereocenters. The minimum atomic E-state index is -4.52. The second-order valence-electron chi connectivity index (χ2n) is 8.00. The Kier molecular flexibility index (Phi) is 6.12. The van der Waals surface area contributed by atoms with Crippen molar-refractivity contribution < 1.29 is 31.1 Å². The topological polar surface area (TPSA) is 95.3 Å². The average molecular weight is 537 g/mol. The summed E-state index contributed by atoms with van der Waals surface area (Å²) in [6, 6.07) is 7.70. The van der Waals surface area contributed by atoms with Crippen LogP contribution in [0.3, 0.4) is 0 Å². The molecule has 1 unspecified atom stereocenters. The van der Waals surface area contributed by atoms with E-state index in [-0.39, 0.29) is 27.9 Å². The number of benzene rings is 2. The molecule has 13 heteroatoms. The largest absolute Gasteiger partial charge is 0.493 e. The minimum Gasteiger partial charge on any atom is -0.493 e. The maximum atomic E-state index is 13.4. The highest BCUT2D eigenvalue weighted by Gasteiger charge is 2.32.